The fraction of sp³-hybridized carbons (Fsp3) is 0.471. The molecular formula is C17H22N4OS. The third-order valence-corrected chi connectivity index (χ3v) is 5.24. The number of nitrogens with zero attached hydrogens (tertiary/aromatic N) is 3. The van der Waals surface area contributed by atoms with Crippen molar-refractivity contribution in [1.29, 1.82) is 0 Å². The highest BCUT2D eigenvalue weighted by molar-refractivity contribution is 7.99. The van der Waals surface area contributed by atoms with Crippen LogP contribution in [0, 0.1) is 6.92 Å². The van der Waals surface area contributed by atoms with Crippen LogP contribution in [0.1, 0.15) is 43.0 Å². The Hall–Kier alpha value is -1.82. The number of hydrogen-bond acceptors (Lipinski definition) is 4. The van der Waals surface area contributed by atoms with Crippen molar-refractivity contribution in [1.82, 2.24) is 14.8 Å². The summed E-state index contributed by atoms with van der Waals surface area (Å²) in [6, 6.07) is 7.81. The average molecular weight is 330 g/mol. The van der Waals surface area contributed by atoms with Gasteiger partial charge in [-0.1, -0.05) is 36.7 Å². The van der Waals surface area contributed by atoms with Gasteiger partial charge in [0.15, 0.2) is 5.16 Å². The first-order valence-electron chi connectivity index (χ1n) is 8.02. The molecule has 1 aliphatic carbocycles. The smallest absolute Gasteiger partial charge is 0.234 e. The van der Waals surface area contributed by atoms with Crippen LogP contribution in [-0.4, -0.2) is 26.4 Å². The van der Waals surface area contributed by atoms with E-state index in [1.165, 1.54) is 37.4 Å². The molecule has 1 saturated carbocycles. The van der Waals surface area contributed by atoms with Crippen LogP contribution in [0.15, 0.2) is 29.4 Å². The van der Waals surface area contributed by atoms with Gasteiger partial charge in [0.25, 0.3) is 0 Å². The summed E-state index contributed by atoms with van der Waals surface area (Å²) in [6.45, 7) is 2.01. The molecule has 0 radical (unpaired) electrons. The molecule has 5 nitrogen and oxygen atoms in total. The zero-order valence-electron chi connectivity index (χ0n) is 13.6. The number of carbonyl (C=O) groups is 1. The number of aromatic nitrogens is 3. The molecule has 122 valence electrons. The molecule has 0 unspecified atom stereocenters. The van der Waals surface area contributed by atoms with Crippen molar-refractivity contribution in [2.45, 2.75) is 43.7 Å². The van der Waals surface area contributed by atoms with Crippen molar-refractivity contribution in [3.05, 3.63) is 35.7 Å². The third kappa shape index (κ3) is 3.93. The first-order chi connectivity index (χ1) is 11.1. The molecule has 0 aliphatic heterocycles. The van der Waals surface area contributed by atoms with Crippen LogP contribution in [0.4, 0.5) is 5.69 Å². The van der Waals surface area contributed by atoms with Gasteiger partial charge in [-0.3, -0.25) is 4.79 Å². The lowest BCUT2D eigenvalue weighted by Gasteiger charge is -2.09. The van der Waals surface area contributed by atoms with Crippen molar-refractivity contribution in [3.8, 4) is 0 Å². The van der Waals surface area contributed by atoms with E-state index in [4.69, 9.17) is 0 Å². The van der Waals surface area contributed by atoms with Crippen molar-refractivity contribution in [2.75, 3.05) is 11.1 Å². The average Bonchev–Trinajstić information content (AvgIpc) is 3.15. The molecule has 6 heteroatoms. The largest absolute Gasteiger partial charge is 0.325 e. The van der Waals surface area contributed by atoms with Gasteiger partial charge in [-0.2, -0.15) is 0 Å². The van der Waals surface area contributed by atoms with Crippen LogP contribution in [-0.2, 0) is 11.8 Å². The van der Waals surface area contributed by atoms with Gasteiger partial charge in [0.1, 0.15) is 5.82 Å². The summed E-state index contributed by atoms with van der Waals surface area (Å²) in [4.78, 5) is 12.1. The minimum atomic E-state index is -0.0222. The molecule has 1 amide bonds. The Morgan fingerprint density at radius 2 is 2.13 bits per heavy atom. The third-order valence-electron chi connectivity index (χ3n) is 4.22. The number of aryl methyl sites for hydroxylation is 1. The van der Waals surface area contributed by atoms with Gasteiger partial charge >= 0.3 is 0 Å². The maximum Gasteiger partial charge on any atom is 0.234 e. The highest BCUT2D eigenvalue weighted by Gasteiger charge is 2.23. The first-order valence-corrected chi connectivity index (χ1v) is 9.00. The number of carbonyl (C=O) groups excluding carboxylic acids is 1. The van der Waals surface area contributed by atoms with Crippen molar-refractivity contribution >= 4 is 23.4 Å². The van der Waals surface area contributed by atoms with Crippen molar-refractivity contribution in [3.63, 3.8) is 0 Å². The van der Waals surface area contributed by atoms with E-state index >= 15 is 0 Å². The number of anilines is 1. The molecule has 0 atom stereocenters. The number of benzene rings is 1. The monoisotopic (exact) mass is 330 g/mol. The molecule has 1 N–H and O–H groups in total. The van der Waals surface area contributed by atoms with Gasteiger partial charge in [0.2, 0.25) is 5.91 Å². The van der Waals surface area contributed by atoms with Crippen LogP contribution < -0.4 is 5.32 Å². The molecule has 1 fully saturated rings. The van der Waals surface area contributed by atoms with Gasteiger partial charge in [-0.25, -0.2) is 0 Å². The van der Waals surface area contributed by atoms with Gasteiger partial charge in [0.05, 0.1) is 5.75 Å². The summed E-state index contributed by atoms with van der Waals surface area (Å²) in [6.07, 6.45) is 4.95. The summed E-state index contributed by atoms with van der Waals surface area (Å²) in [5, 5.41) is 12.3. The Labute approximate surface area is 140 Å². The Morgan fingerprint density at radius 1 is 1.35 bits per heavy atom. The summed E-state index contributed by atoms with van der Waals surface area (Å²) < 4.78 is 2.04. The highest BCUT2D eigenvalue weighted by Crippen LogP contribution is 2.33. The SMILES string of the molecule is Cc1cccc(NC(=O)CSc2nnc(C3CCCC3)n2C)c1. The lowest BCUT2D eigenvalue weighted by molar-refractivity contribution is -0.113. The zero-order chi connectivity index (χ0) is 16.2. The van der Waals surface area contributed by atoms with E-state index in [1.807, 2.05) is 42.8 Å². The van der Waals surface area contributed by atoms with E-state index in [2.05, 4.69) is 15.5 Å². The van der Waals surface area contributed by atoms with E-state index in [0.717, 1.165) is 22.2 Å². The highest BCUT2D eigenvalue weighted by atomic mass is 32.2. The zero-order valence-corrected chi connectivity index (χ0v) is 14.4. The Balaban J connectivity index is 1.56. The molecule has 1 heterocycles. The van der Waals surface area contributed by atoms with E-state index in [9.17, 15) is 4.79 Å². The molecule has 0 spiro atoms. The van der Waals surface area contributed by atoms with Gasteiger partial charge < -0.3 is 9.88 Å². The van der Waals surface area contributed by atoms with E-state index in [1.54, 1.807) is 0 Å². The predicted octanol–water partition coefficient (Wildman–Crippen LogP) is 3.51. The first kappa shape index (κ1) is 16.1. The van der Waals surface area contributed by atoms with Gasteiger partial charge in [-0.15, -0.1) is 10.2 Å². The van der Waals surface area contributed by atoms with Crippen LogP contribution >= 0.6 is 11.8 Å². The minimum Gasteiger partial charge on any atom is -0.325 e. The summed E-state index contributed by atoms with van der Waals surface area (Å²) in [5.74, 6) is 1.91. The van der Waals surface area contributed by atoms with Crippen LogP contribution in [0.5, 0.6) is 0 Å². The number of amides is 1. The second kappa shape index (κ2) is 7.17. The topological polar surface area (TPSA) is 59.8 Å². The Bertz CT molecular complexity index is 692. The minimum absolute atomic E-state index is 0.0222. The molecule has 0 saturated heterocycles. The normalized spacial score (nSPS) is 15.0. The van der Waals surface area contributed by atoms with Crippen LogP contribution in [0.2, 0.25) is 0 Å². The molecule has 0 bridgehead atoms. The standard InChI is InChI=1S/C17H22N4OS/c1-12-6-5-9-14(10-12)18-15(22)11-23-17-20-19-16(21(17)2)13-7-3-4-8-13/h5-6,9-10,13H,3-4,7-8,11H2,1-2H3,(H,18,22). The number of thioether (sulfide) groups is 1. The lowest BCUT2D eigenvalue weighted by Crippen LogP contribution is -2.14. The Kier molecular flexibility index (Phi) is 5.00. The summed E-state index contributed by atoms with van der Waals surface area (Å²) >= 11 is 1.44. The van der Waals surface area contributed by atoms with E-state index < -0.39 is 0 Å². The van der Waals surface area contributed by atoms with Crippen molar-refractivity contribution in [2.24, 2.45) is 7.05 Å². The molecule has 3 rings (SSSR count). The second-order valence-corrected chi connectivity index (χ2v) is 7.03. The molecular weight excluding hydrogens is 308 g/mol. The van der Waals surface area contributed by atoms with Crippen LogP contribution in [0.25, 0.3) is 0 Å². The number of nitrogens with one attached hydrogen (secondary N) is 1. The summed E-state index contributed by atoms with van der Waals surface area (Å²) in [7, 11) is 1.99. The fourth-order valence-corrected chi connectivity index (χ4v) is 3.76. The fourth-order valence-electron chi connectivity index (χ4n) is 3.04. The maximum atomic E-state index is 12.1. The molecule has 1 aliphatic rings. The maximum absolute atomic E-state index is 12.1. The quantitative estimate of drug-likeness (QED) is 0.852. The van der Waals surface area contributed by atoms with E-state index in [-0.39, 0.29) is 5.91 Å². The molecule has 1 aromatic carbocycles. The second-order valence-electron chi connectivity index (χ2n) is 6.09. The van der Waals surface area contributed by atoms with E-state index in [0.29, 0.717) is 11.7 Å². The van der Waals surface area contributed by atoms with Gasteiger partial charge in [-0.05, 0) is 37.5 Å². The lowest BCUT2D eigenvalue weighted by atomic mass is 10.1. The summed E-state index contributed by atoms with van der Waals surface area (Å²) in [5.41, 5.74) is 1.96. The number of rotatable bonds is 5. The Morgan fingerprint density at radius 3 is 2.87 bits per heavy atom. The molecule has 23 heavy (non-hydrogen) atoms. The number of hydrogen-bond donors (Lipinski definition) is 1. The van der Waals surface area contributed by atoms with Crippen LogP contribution in [0.3, 0.4) is 0 Å². The van der Waals surface area contributed by atoms with Gasteiger partial charge in [0, 0.05) is 18.7 Å². The molecule has 2 aromatic rings. The molecule has 1 aromatic heterocycles. The van der Waals surface area contributed by atoms with Crippen molar-refractivity contribution < 1.29 is 4.79 Å². The predicted molar refractivity (Wildman–Crippen MR) is 92.7 cm³/mol.